The monoisotopic (exact) mass is 251 g/mol. The smallest absolute Gasteiger partial charge is 0.196 e. The van der Waals surface area contributed by atoms with E-state index in [1.165, 1.54) is 13.2 Å². The average Bonchev–Trinajstić information content (AvgIpc) is 2.39. The first kappa shape index (κ1) is 14.8. The van der Waals surface area contributed by atoms with Crippen LogP contribution in [-0.4, -0.2) is 47.6 Å². The van der Waals surface area contributed by atoms with Gasteiger partial charge in [0, 0.05) is 41.2 Å². The van der Waals surface area contributed by atoms with Crippen molar-refractivity contribution in [3.8, 4) is 11.5 Å². The fourth-order valence-corrected chi connectivity index (χ4v) is 1.58. The van der Waals surface area contributed by atoms with Gasteiger partial charge >= 0.3 is 0 Å². The van der Waals surface area contributed by atoms with Crippen molar-refractivity contribution in [1.82, 2.24) is 0 Å². The fourth-order valence-electron chi connectivity index (χ4n) is 1.58. The number of ketones is 1. The summed E-state index contributed by atoms with van der Waals surface area (Å²) in [6, 6.07) is 13.5. The zero-order valence-electron chi connectivity index (χ0n) is 10.4. The van der Waals surface area contributed by atoms with E-state index in [-0.39, 0.29) is 46.7 Å². The van der Waals surface area contributed by atoms with Crippen LogP contribution in [0, 0.1) is 0 Å². The largest absolute Gasteiger partial charge is 0.507 e. The molecule has 2 rings (SSSR count). The molecular formula is C14H12NaO3. The van der Waals surface area contributed by atoms with Crippen LogP contribution >= 0.6 is 0 Å². The van der Waals surface area contributed by atoms with Crippen LogP contribution < -0.4 is 4.74 Å². The Balaban J connectivity index is 0.00000162. The first-order valence-electron chi connectivity index (χ1n) is 5.19. The van der Waals surface area contributed by atoms with Gasteiger partial charge < -0.3 is 9.84 Å². The third kappa shape index (κ3) is 3.13. The molecule has 0 unspecified atom stereocenters. The van der Waals surface area contributed by atoms with Gasteiger partial charge in [0.05, 0.1) is 12.7 Å². The Morgan fingerprint density at radius 2 is 1.78 bits per heavy atom. The normalized spacial score (nSPS) is 9.39. The van der Waals surface area contributed by atoms with Crippen LogP contribution in [0.2, 0.25) is 0 Å². The van der Waals surface area contributed by atoms with E-state index in [0.717, 1.165) is 0 Å². The number of aromatic hydroxyl groups is 1. The van der Waals surface area contributed by atoms with Crippen LogP contribution in [0.1, 0.15) is 15.9 Å². The van der Waals surface area contributed by atoms with Crippen molar-refractivity contribution < 1.29 is 14.6 Å². The maximum absolute atomic E-state index is 12.1. The molecule has 0 aliphatic carbocycles. The zero-order valence-corrected chi connectivity index (χ0v) is 12.4. The van der Waals surface area contributed by atoms with Crippen LogP contribution in [0.5, 0.6) is 11.5 Å². The molecule has 0 heterocycles. The van der Waals surface area contributed by atoms with Gasteiger partial charge in [0.25, 0.3) is 0 Å². The Bertz CT molecular complexity index is 538. The van der Waals surface area contributed by atoms with Crippen LogP contribution in [-0.2, 0) is 0 Å². The fraction of sp³-hybridized carbons (Fsp3) is 0.0714. The number of carbonyl (C=O) groups excluding carboxylic acids is 1. The number of hydrogen-bond acceptors (Lipinski definition) is 3. The molecule has 2 aromatic carbocycles. The molecule has 18 heavy (non-hydrogen) atoms. The minimum Gasteiger partial charge on any atom is -0.507 e. The number of carbonyl (C=O) groups is 1. The number of hydrogen-bond donors (Lipinski definition) is 1. The second-order valence-electron chi connectivity index (χ2n) is 3.58. The number of phenols is 1. The van der Waals surface area contributed by atoms with Gasteiger partial charge in [-0.1, -0.05) is 30.3 Å². The molecule has 0 fully saturated rings. The van der Waals surface area contributed by atoms with E-state index in [4.69, 9.17) is 4.74 Å². The Hall–Kier alpha value is -1.29. The van der Waals surface area contributed by atoms with Gasteiger partial charge in [-0.15, -0.1) is 0 Å². The standard InChI is InChI=1S/C14H12O3.Na/c1-17-11-7-8-12(13(15)9-11)14(16)10-5-3-2-4-6-10;/h2-9,15H,1H3;. The number of benzene rings is 2. The number of rotatable bonds is 3. The number of phenolic OH excluding ortho intramolecular Hbond substituents is 1. The van der Waals surface area contributed by atoms with Crippen LogP contribution in [0.25, 0.3) is 0 Å². The quantitative estimate of drug-likeness (QED) is 0.672. The van der Waals surface area contributed by atoms with Crippen molar-refractivity contribution in [2.45, 2.75) is 0 Å². The van der Waals surface area contributed by atoms with Crippen molar-refractivity contribution in [3.05, 3.63) is 59.7 Å². The minimum atomic E-state index is -0.203. The van der Waals surface area contributed by atoms with E-state index in [9.17, 15) is 9.90 Å². The average molecular weight is 251 g/mol. The zero-order chi connectivity index (χ0) is 12.3. The number of methoxy groups -OCH3 is 1. The predicted octanol–water partition coefficient (Wildman–Crippen LogP) is 2.25. The van der Waals surface area contributed by atoms with E-state index < -0.39 is 0 Å². The van der Waals surface area contributed by atoms with Crippen molar-refractivity contribution in [3.63, 3.8) is 0 Å². The summed E-state index contributed by atoms with van der Waals surface area (Å²) < 4.78 is 4.96. The van der Waals surface area contributed by atoms with Gasteiger partial charge in [-0.25, -0.2) is 0 Å². The maximum atomic E-state index is 12.1. The van der Waals surface area contributed by atoms with E-state index in [0.29, 0.717) is 11.3 Å². The molecule has 1 radical (unpaired) electrons. The SMILES string of the molecule is COc1ccc(C(=O)c2ccccc2)c(O)c1.[Na]. The van der Waals surface area contributed by atoms with Crippen molar-refractivity contribution in [2.24, 2.45) is 0 Å². The van der Waals surface area contributed by atoms with E-state index in [2.05, 4.69) is 0 Å². The molecular weight excluding hydrogens is 239 g/mol. The molecule has 0 spiro atoms. The molecule has 0 atom stereocenters. The molecule has 0 aliphatic heterocycles. The molecule has 0 amide bonds. The molecule has 87 valence electrons. The van der Waals surface area contributed by atoms with Crippen molar-refractivity contribution >= 4 is 35.3 Å². The molecule has 0 saturated carbocycles. The first-order chi connectivity index (χ1) is 8.22. The first-order valence-corrected chi connectivity index (χ1v) is 5.19. The van der Waals surface area contributed by atoms with Crippen LogP contribution in [0.3, 0.4) is 0 Å². The molecule has 3 nitrogen and oxygen atoms in total. The van der Waals surface area contributed by atoms with Gasteiger partial charge in [0.2, 0.25) is 0 Å². The summed E-state index contributed by atoms with van der Waals surface area (Å²) in [5.41, 5.74) is 0.824. The third-order valence-corrected chi connectivity index (χ3v) is 2.49. The van der Waals surface area contributed by atoms with Crippen molar-refractivity contribution in [1.29, 1.82) is 0 Å². The van der Waals surface area contributed by atoms with E-state index >= 15 is 0 Å². The molecule has 0 aliphatic rings. The second-order valence-corrected chi connectivity index (χ2v) is 3.58. The molecule has 0 saturated heterocycles. The van der Waals surface area contributed by atoms with Gasteiger partial charge in [-0.05, 0) is 12.1 Å². The predicted molar refractivity (Wildman–Crippen MR) is 70.3 cm³/mol. The molecule has 2 aromatic rings. The van der Waals surface area contributed by atoms with Gasteiger partial charge in [0.15, 0.2) is 5.78 Å². The summed E-state index contributed by atoms with van der Waals surface area (Å²) in [6.45, 7) is 0. The van der Waals surface area contributed by atoms with Gasteiger partial charge in [0.1, 0.15) is 11.5 Å². The summed E-state index contributed by atoms with van der Waals surface area (Å²) in [6.07, 6.45) is 0. The molecule has 0 bridgehead atoms. The summed E-state index contributed by atoms with van der Waals surface area (Å²) in [4.78, 5) is 12.1. The Morgan fingerprint density at radius 3 is 2.33 bits per heavy atom. The van der Waals surface area contributed by atoms with E-state index in [1.54, 1.807) is 36.4 Å². The molecule has 0 aromatic heterocycles. The topological polar surface area (TPSA) is 46.5 Å². The van der Waals surface area contributed by atoms with Crippen LogP contribution in [0.4, 0.5) is 0 Å². The number of ether oxygens (including phenoxy) is 1. The Labute approximate surface area is 128 Å². The Kier molecular flexibility index (Phi) is 5.41. The second kappa shape index (κ2) is 6.59. The molecule has 1 N–H and O–H groups in total. The third-order valence-electron chi connectivity index (χ3n) is 2.49. The van der Waals surface area contributed by atoms with Crippen LogP contribution in [0.15, 0.2) is 48.5 Å². The Morgan fingerprint density at radius 1 is 1.11 bits per heavy atom. The summed E-state index contributed by atoms with van der Waals surface area (Å²) in [7, 11) is 1.51. The molecule has 4 heteroatoms. The van der Waals surface area contributed by atoms with E-state index in [1.807, 2.05) is 6.07 Å². The summed E-state index contributed by atoms with van der Waals surface area (Å²) >= 11 is 0. The van der Waals surface area contributed by atoms with Gasteiger partial charge in [-0.3, -0.25) is 4.79 Å². The van der Waals surface area contributed by atoms with Crippen molar-refractivity contribution in [2.75, 3.05) is 7.11 Å². The van der Waals surface area contributed by atoms with Gasteiger partial charge in [-0.2, -0.15) is 0 Å². The maximum Gasteiger partial charge on any atom is 0.196 e. The summed E-state index contributed by atoms with van der Waals surface area (Å²) in [5.74, 6) is 0.246. The minimum absolute atomic E-state index is 0. The summed E-state index contributed by atoms with van der Waals surface area (Å²) in [5, 5.41) is 9.75.